The largest absolute Gasteiger partial charge is 0.482 e. The second-order valence-electron chi connectivity index (χ2n) is 5.44. The number of benzene rings is 1. The lowest BCUT2D eigenvalue weighted by molar-refractivity contribution is -0.120. The second-order valence-corrected chi connectivity index (χ2v) is 5.44. The molecule has 0 radical (unpaired) electrons. The van der Waals surface area contributed by atoms with Crippen LogP contribution in [0.4, 0.5) is 5.69 Å². The molecule has 0 aliphatic carbocycles. The molecule has 0 spiro atoms. The second kappa shape index (κ2) is 5.21. The molecule has 2 heterocycles. The SMILES string of the molecule is CN1C(=O)COc2cc(CC3CCNCC3)ccc21. The first kappa shape index (κ1) is 12.5. The third-order valence-electron chi connectivity index (χ3n) is 4.09. The van der Waals surface area contributed by atoms with E-state index in [1.165, 1.54) is 18.4 Å². The zero-order chi connectivity index (χ0) is 13.2. The third kappa shape index (κ3) is 2.59. The molecule has 4 heteroatoms. The number of amides is 1. The normalized spacial score (nSPS) is 20.1. The number of nitrogens with one attached hydrogen (secondary N) is 1. The molecular formula is C15H20N2O2. The van der Waals surface area contributed by atoms with Crippen molar-refractivity contribution in [3.63, 3.8) is 0 Å². The van der Waals surface area contributed by atoms with Crippen LogP contribution in [0.15, 0.2) is 18.2 Å². The topological polar surface area (TPSA) is 41.6 Å². The Labute approximate surface area is 113 Å². The Hall–Kier alpha value is -1.55. The van der Waals surface area contributed by atoms with Gasteiger partial charge in [0.05, 0.1) is 5.69 Å². The monoisotopic (exact) mass is 260 g/mol. The van der Waals surface area contributed by atoms with Gasteiger partial charge in [0.1, 0.15) is 5.75 Å². The van der Waals surface area contributed by atoms with E-state index in [0.29, 0.717) is 0 Å². The number of ether oxygens (including phenoxy) is 1. The maximum absolute atomic E-state index is 11.6. The van der Waals surface area contributed by atoms with Crippen LogP contribution >= 0.6 is 0 Å². The molecule has 0 aromatic heterocycles. The van der Waals surface area contributed by atoms with Crippen LogP contribution in [0, 0.1) is 5.92 Å². The number of carbonyl (C=O) groups excluding carboxylic acids is 1. The Morgan fingerprint density at radius 2 is 2.16 bits per heavy atom. The zero-order valence-electron chi connectivity index (χ0n) is 11.3. The smallest absolute Gasteiger partial charge is 0.264 e. The summed E-state index contributed by atoms with van der Waals surface area (Å²) in [6, 6.07) is 6.22. The molecule has 1 N–H and O–H groups in total. The molecule has 1 aromatic carbocycles. The third-order valence-corrected chi connectivity index (χ3v) is 4.09. The van der Waals surface area contributed by atoms with Crippen LogP contribution in [-0.4, -0.2) is 32.7 Å². The predicted octanol–water partition coefficient (Wildman–Crippen LogP) is 1.58. The first-order chi connectivity index (χ1) is 9.24. The predicted molar refractivity (Wildman–Crippen MR) is 74.6 cm³/mol. The molecule has 1 saturated heterocycles. The average molecular weight is 260 g/mol. The van der Waals surface area contributed by atoms with Crippen LogP contribution in [0.2, 0.25) is 0 Å². The van der Waals surface area contributed by atoms with Gasteiger partial charge >= 0.3 is 0 Å². The number of rotatable bonds is 2. The number of hydrogen-bond donors (Lipinski definition) is 1. The van der Waals surface area contributed by atoms with Crippen LogP contribution in [0.25, 0.3) is 0 Å². The van der Waals surface area contributed by atoms with E-state index in [2.05, 4.69) is 17.4 Å². The first-order valence-electron chi connectivity index (χ1n) is 6.97. The molecule has 4 nitrogen and oxygen atoms in total. The molecule has 2 aliphatic heterocycles. The standard InChI is InChI=1S/C15H20N2O2/c1-17-13-3-2-12(8-11-4-6-16-7-5-11)9-14(13)19-10-15(17)18/h2-3,9,11,16H,4-8,10H2,1H3. The van der Waals surface area contributed by atoms with Crippen LogP contribution in [0.5, 0.6) is 5.75 Å². The van der Waals surface area contributed by atoms with Gasteiger partial charge in [-0.2, -0.15) is 0 Å². The van der Waals surface area contributed by atoms with Crippen LogP contribution in [0.1, 0.15) is 18.4 Å². The van der Waals surface area contributed by atoms with Gasteiger partial charge in [0, 0.05) is 7.05 Å². The summed E-state index contributed by atoms with van der Waals surface area (Å²) in [7, 11) is 1.80. The number of nitrogens with zero attached hydrogens (tertiary/aromatic N) is 1. The summed E-state index contributed by atoms with van der Waals surface area (Å²) >= 11 is 0. The number of carbonyl (C=O) groups is 1. The highest BCUT2D eigenvalue weighted by Gasteiger charge is 2.22. The Balaban J connectivity index is 1.76. The molecule has 0 atom stereocenters. The fourth-order valence-electron chi connectivity index (χ4n) is 2.87. The number of hydrogen-bond acceptors (Lipinski definition) is 3. The van der Waals surface area contributed by atoms with Crippen molar-refractivity contribution >= 4 is 11.6 Å². The van der Waals surface area contributed by atoms with E-state index in [-0.39, 0.29) is 12.5 Å². The molecule has 19 heavy (non-hydrogen) atoms. The number of anilines is 1. The van der Waals surface area contributed by atoms with Crippen molar-refractivity contribution in [2.75, 3.05) is 31.6 Å². The van der Waals surface area contributed by atoms with Crippen molar-refractivity contribution in [1.29, 1.82) is 0 Å². The van der Waals surface area contributed by atoms with Gasteiger partial charge in [-0.15, -0.1) is 0 Å². The Bertz CT molecular complexity index is 481. The summed E-state index contributed by atoms with van der Waals surface area (Å²) in [6.45, 7) is 2.41. The Kier molecular flexibility index (Phi) is 3.42. The van der Waals surface area contributed by atoms with Crippen LogP contribution < -0.4 is 15.0 Å². The van der Waals surface area contributed by atoms with Crippen molar-refractivity contribution in [2.24, 2.45) is 5.92 Å². The molecule has 0 bridgehead atoms. The van der Waals surface area contributed by atoms with Gasteiger partial charge in [0.25, 0.3) is 5.91 Å². The van der Waals surface area contributed by atoms with Gasteiger partial charge in [0.15, 0.2) is 6.61 Å². The van der Waals surface area contributed by atoms with Gasteiger partial charge < -0.3 is 15.0 Å². The van der Waals surface area contributed by atoms with E-state index in [1.54, 1.807) is 11.9 Å². The number of piperidine rings is 1. The fraction of sp³-hybridized carbons (Fsp3) is 0.533. The lowest BCUT2D eigenvalue weighted by Gasteiger charge is -2.27. The zero-order valence-corrected chi connectivity index (χ0v) is 11.3. The van der Waals surface area contributed by atoms with E-state index in [4.69, 9.17) is 4.74 Å². The van der Waals surface area contributed by atoms with E-state index in [9.17, 15) is 4.79 Å². The summed E-state index contributed by atoms with van der Waals surface area (Å²) in [5, 5.41) is 3.39. The summed E-state index contributed by atoms with van der Waals surface area (Å²) in [4.78, 5) is 13.2. The van der Waals surface area contributed by atoms with Crippen molar-refractivity contribution in [3.05, 3.63) is 23.8 Å². The van der Waals surface area contributed by atoms with Crippen molar-refractivity contribution in [3.8, 4) is 5.75 Å². The Morgan fingerprint density at radius 1 is 1.37 bits per heavy atom. The average Bonchev–Trinajstić information content (AvgIpc) is 2.44. The minimum atomic E-state index is 0.0126. The van der Waals surface area contributed by atoms with E-state index < -0.39 is 0 Å². The van der Waals surface area contributed by atoms with Gasteiger partial charge in [-0.25, -0.2) is 0 Å². The minimum Gasteiger partial charge on any atom is -0.482 e. The molecule has 1 fully saturated rings. The van der Waals surface area contributed by atoms with E-state index in [0.717, 1.165) is 36.9 Å². The van der Waals surface area contributed by atoms with E-state index in [1.807, 2.05) is 6.07 Å². The van der Waals surface area contributed by atoms with Gasteiger partial charge in [-0.1, -0.05) is 6.07 Å². The molecule has 0 unspecified atom stereocenters. The maximum Gasteiger partial charge on any atom is 0.264 e. The van der Waals surface area contributed by atoms with Crippen molar-refractivity contribution < 1.29 is 9.53 Å². The molecular weight excluding hydrogens is 240 g/mol. The first-order valence-corrected chi connectivity index (χ1v) is 6.97. The summed E-state index contributed by atoms with van der Waals surface area (Å²) in [5.74, 6) is 1.62. The molecule has 102 valence electrons. The van der Waals surface area contributed by atoms with Crippen LogP contribution in [0.3, 0.4) is 0 Å². The van der Waals surface area contributed by atoms with Gasteiger partial charge in [0.2, 0.25) is 0 Å². The molecule has 2 aliphatic rings. The summed E-state index contributed by atoms with van der Waals surface area (Å²) in [6.07, 6.45) is 3.60. The molecule has 0 saturated carbocycles. The number of likely N-dealkylation sites (N-methyl/N-ethyl adjacent to an activating group) is 1. The lowest BCUT2D eigenvalue weighted by Crippen LogP contribution is -2.35. The molecule has 3 rings (SSSR count). The Morgan fingerprint density at radius 3 is 2.95 bits per heavy atom. The van der Waals surface area contributed by atoms with Crippen molar-refractivity contribution in [1.82, 2.24) is 5.32 Å². The molecule has 1 amide bonds. The van der Waals surface area contributed by atoms with E-state index >= 15 is 0 Å². The van der Waals surface area contributed by atoms with Gasteiger partial charge in [-0.3, -0.25) is 4.79 Å². The highest BCUT2D eigenvalue weighted by Crippen LogP contribution is 2.33. The maximum atomic E-state index is 11.6. The highest BCUT2D eigenvalue weighted by atomic mass is 16.5. The quantitative estimate of drug-likeness (QED) is 0.878. The molecule has 1 aromatic rings. The summed E-state index contributed by atoms with van der Waals surface area (Å²) in [5.41, 5.74) is 2.19. The lowest BCUT2D eigenvalue weighted by atomic mass is 9.91. The fourth-order valence-corrected chi connectivity index (χ4v) is 2.87. The van der Waals surface area contributed by atoms with Crippen molar-refractivity contribution in [2.45, 2.75) is 19.3 Å². The van der Waals surface area contributed by atoms with Gasteiger partial charge in [-0.05, 0) is 56.0 Å². The summed E-state index contributed by atoms with van der Waals surface area (Å²) < 4.78 is 5.53. The number of fused-ring (bicyclic) bond motifs is 1. The minimum absolute atomic E-state index is 0.0126. The van der Waals surface area contributed by atoms with Crippen LogP contribution in [-0.2, 0) is 11.2 Å². The highest BCUT2D eigenvalue weighted by molar-refractivity contribution is 5.97.